The molecule has 4 rings (SSSR count). The maximum atomic E-state index is 13.1. The largest absolute Gasteiger partial charge is 0.341 e. The maximum absolute atomic E-state index is 13.1. The number of anilines is 1. The Labute approximate surface area is 194 Å². The van der Waals surface area contributed by atoms with E-state index in [-0.39, 0.29) is 35.7 Å². The van der Waals surface area contributed by atoms with E-state index in [0.717, 1.165) is 15.1 Å². The molecule has 3 aromatic rings. The van der Waals surface area contributed by atoms with E-state index in [1.807, 2.05) is 54.6 Å². The van der Waals surface area contributed by atoms with Crippen molar-refractivity contribution in [1.82, 2.24) is 9.21 Å². The number of para-hydroxylation sites is 1. The molecule has 2 amide bonds. The van der Waals surface area contributed by atoms with Crippen molar-refractivity contribution in [3.8, 4) is 0 Å². The van der Waals surface area contributed by atoms with Crippen molar-refractivity contribution in [3.05, 3.63) is 72.8 Å². The van der Waals surface area contributed by atoms with Gasteiger partial charge in [-0.2, -0.15) is 4.31 Å². The Morgan fingerprint density at radius 2 is 1.70 bits per heavy atom. The second kappa shape index (κ2) is 9.72. The molecule has 1 aliphatic rings. The lowest BCUT2D eigenvalue weighted by atomic mass is 9.97. The topological polar surface area (TPSA) is 86.8 Å². The maximum Gasteiger partial charge on any atom is 0.243 e. The standard InChI is InChI=1S/C25H27N3O4S/c1-27(33(31,32)23-14-13-19-8-5-6-9-20(19)16-23)18-24(29)28-15-7-10-21(17-28)25(30)26-22-11-3-2-4-12-22/h2-6,8-9,11-14,16,21H,7,10,15,17-18H2,1H3,(H,26,30). The van der Waals surface area contributed by atoms with Crippen molar-refractivity contribution < 1.29 is 18.0 Å². The summed E-state index contributed by atoms with van der Waals surface area (Å²) >= 11 is 0. The Hall–Kier alpha value is -3.23. The van der Waals surface area contributed by atoms with Gasteiger partial charge >= 0.3 is 0 Å². The molecular formula is C25H27N3O4S. The van der Waals surface area contributed by atoms with E-state index in [1.54, 1.807) is 23.1 Å². The van der Waals surface area contributed by atoms with Crippen LogP contribution < -0.4 is 5.32 Å². The lowest BCUT2D eigenvalue weighted by Gasteiger charge is -2.33. The number of rotatable bonds is 6. The number of likely N-dealkylation sites (tertiary alicyclic amines) is 1. The van der Waals surface area contributed by atoms with E-state index in [1.165, 1.54) is 7.05 Å². The molecule has 0 saturated carbocycles. The van der Waals surface area contributed by atoms with Crippen LogP contribution in [0.15, 0.2) is 77.7 Å². The molecule has 0 aliphatic carbocycles. The van der Waals surface area contributed by atoms with Crippen molar-refractivity contribution in [3.63, 3.8) is 0 Å². The van der Waals surface area contributed by atoms with E-state index < -0.39 is 10.0 Å². The minimum absolute atomic E-state index is 0.129. The number of sulfonamides is 1. The van der Waals surface area contributed by atoms with Crippen LogP contribution in [0.2, 0.25) is 0 Å². The van der Waals surface area contributed by atoms with Crippen molar-refractivity contribution in [1.29, 1.82) is 0 Å². The van der Waals surface area contributed by atoms with Gasteiger partial charge < -0.3 is 10.2 Å². The average molecular weight is 466 g/mol. The first kappa shape index (κ1) is 22.9. The fourth-order valence-corrected chi connectivity index (χ4v) is 5.22. The van der Waals surface area contributed by atoms with Gasteiger partial charge in [-0.15, -0.1) is 0 Å². The fourth-order valence-electron chi connectivity index (χ4n) is 4.07. The number of amides is 2. The number of carbonyl (C=O) groups is 2. The number of benzene rings is 3. The van der Waals surface area contributed by atoms with E-state index >= 15 is 0 Å². The van der Waals surface area contributed by atoms with E-state index in [2.05, 4.69) is 5.32 Å². The minimum Gasteiger partial charge on any atom is -0.341 e. The highest BCUT2D eigenvalue weighted by Crippen LogP contribution is 2.23. The second-order valence-corrected chi connectivity index (χ2v) is 10.3. The number of likely N-dealkylation sites (N-methyl/N-ethyl adjacent to an activating group) is 1. The van der Waals surface area contributed by atoms with Gasteiger partial charge in [0.15, 0.2) is 0 Å². The van der Waals surface area contributed by atoms with Crippen LogP contribution in [0.4, 0.5) is 5.69 Å². The molecule has 0 radical (unpaired) electrons. The van der Waals surface area contributed by atoms with Gasteiger partial charge in [0.05, 0.1) is 17.4 Å². The summed E-state index contributed by atoms with van der Waals surface area (Å²) < 4.78 is 27.2. The van der Waals surface area contributed by atoms with Crippen LogP contribution in [0.25, 0.3) is 10.8 Å². The van der Waals surface area contributed by atoms with Crippen LogP contribution in [0.5, 0.6) is 0 Å². The van der Waals surface area contributed by atoms with Gasteiger partial charge in [0, 0.05) is 25.8 Å². The van der Waals surface area contributed by atoms with E-state index in [4.69, 9.17) is 0 Å². The molecule has 1 heterocycles. The first-order valence-electron chi connectivity index (χ1n) is 10.9. The summed E-state index contributed by atoms with van der Waals surface area (Å²) in [6.07, 6.45) is 1.38. The predicted molar refractivity (Wildman–Crippen MR) is 128 cm³/mol. The zero-order valence-electron chi connectivity index (χ0n) is 18.5. The normalized spacial score (nSPS) is 16.7. The summed E-state index contributed by atoms with van der Waals surface area (Å²) in [7, 11) is -2.42. The molecule has 8 heteroatoms. The summed E-state index contributed by atoms with van der Waals surface area (Å²) in [4.78, 5) is 27.3. The number of nitrogens with one attached hydrogen (secondary N) is 1. The third-order valence-electron chi connectivity index (χ3n) is 5.97. The number of piperidine rings is 1. The number of hydrogen-bond donors (Lipinski definition) is 1. The molecule has 1 aliphatic heterocycles. The van der Waals surface area contributed by atoms with Gasteiger partial charge in [-0.05, 0) is 47.9 Å². The van der Waals surface area contributed by atoms with Crippen LogP contribution in [0.3, 0.4) is 0 Å². The Kier molecular flexibility index (Phi) is 6.76. The summed E-state index contributed by atoms with van der Waals surface area (Å²) in [6, 6.07) is 21.7. The highest BCUT2D eigenvalue weighted by Gasteiger charge is 2.31. The smallest absolute Gasteiger partial charge is 0.243 e. The summed E-state index contributed by atoms with van der Waals surface area (Å²) in [5.41, 5.74) is 0.715. The number of nitrogens with zero attached hydrogens (tertiary/aromatic N) is 2. The molecule has 1 fully saturated rings. The first-order chi connectivity index (χ1) is 15.8. The molecule has 0 spiro atoms. The molecular weight excluding hydrogens is 438 g/mol. The lowest BCUT2D eigenvalue weighted by molar-refractivity contribution is -0.134. The molecule has 1 saturated heterocycles. The first-order valence-corrected chi connectivity index (χ1v) is 12.4. The van der Waals surface area contributed by atoms with Gasteiger partial charge in [0.1, 0.15) is 0 Å². The molecule has 1 unspecified atom stereocenters. The molecule has 3 aromatic carbocycles. The van der Waals surface area contributed by atoms with Crippen molar-refractivity contribution in [2.45, 2.75) is 17.7 Å². The molecule has 1 N–H and O–H groups in total. The van der Waals surface area contributed by atoms with Gasteiger partial charge in [0.25, 0.3) is 0 Å². The van der Waals surface area contributed by atoms with Crippen LogP contribution in [-0.2, 0) is 19.6 Å². The zero-order valence-corrected chi connectivity index (χ0v) is 19.3. The predicted octanol–water partition coefficient (Wildman–Crippen LogP) is 3.34. The van der Waals surface area contributed by atoms with Crippen molar-refractivity contribution in [2.75, 3.05) is 32.0 Å². The van der Waals surface area contributed by atoms with Gasteiger partial charge in [-0.1, -0.05) is 48.5 Å². The SMILES string of the molecule is CN(CC(=O)N1CCCC(C(=O)Nc2ccccc2)C1)S(=O)(=O)c1ccc2ccccc2c1. The second-order valence-electron chi connectivity index (χ2n) is 8.30. The van der Waals surface area contributed by atoms with Crippen molar-refractivity contribution >= 4 is 38.3 Å². The summed E-state index contributed by atoms with van der Waals surface area (Å²) in [6.45, 7) is 0.515. The van der Waals surface area contributed by atoms with Crippen LogP contribution in [0.1, 0.15) is 12.8 Å². The van der Waals surface area contributed by atoms with Crippen LogP contribution in [-0.4, -0.2) is 56.1 Å². The van der Waals surface area contributed by atoms with E-state index in [0.29, 0.717) is 25.1 Å². The van der Waals surface area contributed by atoms with E-state index in [9.17, 15) is 18.0 Å². The lowest BCUT2D eigenvalue weighted by Crippen LogP contribution is -2.47. The third-order valence-corrected chi connectivity index (χ3v) is 7.77. The quantitative estimate of drug-likeness (QED) is 0.605. The highest BCUT2D eigenvalue weighted by molar-refractivity contribution is 7.89. The number of fused-ring (bicyclic) bond motifs is 1. The van der Waals surface area contributed by atoms with Crippen LogP contribution >= 0.6 is 0 Å². The highest BCUT2D eigenvalue weighted by atomic mass is 32.2. The summed E-state index contributed by atoms with van der Waals surface area (Å²) in [5.74, 6) is -0.764. The Morgan fingerprint density at radius 1 is 1.00 bits per heavy atom. The number of carbonyl (C=O) groups excluding carboxylic acids is 2. The van der Waals surface area contributed by atoms with Crippen LogP contribution in [0, 0.1) is 5.92 Å². The van der Waals surface area contributed by atoms with Gasteiger partial charge in [-0.3, -0.25) is 9.59 Å². The Balaban J connectivity index is 1.40. The Morgan fingerprint density at radius 3 is 2.45 bits per heavy atom. The molecule has 33 heavy (non-hydrogen) atoms. The summed E-state index contributed by atoms with van der Waals surface area (Å²) in [5, 5.41) is 4.66. The average Bonchev–Trinajstić information content (AvgIpc) is 2.84. The third kappa shape index (κ3) is 5.23. The monoisotopic (exact) mass is 465 g/mol. The van der Waals surface area contributed by atoms with Gasteiger partial charge in [0.2, 0.25) is 21.8 Å². The molecule has 172 valence electrons. The fraction of sp³-hybridized carbons (Fsp3) is 0.280. The minimum atomic E-state index is -3.83. The van der Waals surface area contributed by atoms with Gasteiger partial charge in [-0.25, -0.2) is 8.42 Å². The molecule has 0 bridgehead atoms. The Bertz CT molecular complexity index is 1260. The molecule has 0 aromatic heterocycles. The molecule has 7 nitrogen and oxygen atoms in total. The number of hydrogen-bond acceptors (Lipinski definition) is 4. The van der Waals surface area contributed by atoms with Crippen molar-refractivity contribution in [2.24, 2.45) is 5.92 Å². The molecule has 1 atom stereocenters. The zero-order chi connectivity index (χ0) is 23.4.